The number of rotatable bonds is 3. The van der Waals surface area contributed by atoms with Crippen molar-refractivity contribution >= 4 is 5.91 Å². The average molecular weight is 278 g/mol. The molecule has 108 valence electrons. The minimum absolute atomic E-state index is 0.0375. The van der Waals surface area contributed by atoms with Gasteiger partial charge in [0.05, 0.1) is 0 Å². The molecule has 2 fully saturated rings. The van der Waals surface area contributed by atoms with Crippen LogP contribution in [0.1, 0.15) is 19.3 Å². The number of fused-ring (bicyclic) bond motifs is 2. The number of carbonyl (C=O) groups is 1. The molecule has 1 N–H and O–H groups in total. The summed E-state index contributed by atoms with van der Waals surface area (Å²) in [6.07, 6.45) is 3.10. The Bertz CT molecular complexity index is 481. The predicted octanol–water partition coefficient (Wildman–Crippen LogP) is 1.56. The Morgan fingerprint density at radius 3 is 2.95 bits per heavy atom. The van der Waals surface area contributed by atoms with Crippen LogP contribution in [0.3, 0.4) is 0 Å². The Hall–Kier alpha value is -1.62. The lowest BCUT2D eigenvalue weighted by molar-refractivity contribution is -0.136. The van der Waals surface area contributed by atoms with Crippen LogP contribution in [0.25, 0.3) is 0 Å². The molecule has 3 rings (SSSR count). The minimum atomic E-state index is -0.430. The Morgan fingerprint density at radius 2 is 2.10 bits per heavy atom. The molecular weight excluding hydrogens is 259 g/mol. The lowest BCUT2D eigenvalue weighted by Crippen LogP contribution is -2.44. The summed E-state index contributed by atoms with van der Waals surface area (Å²) < 4.78 is 18.8. The van der Waals surface area contributed by atoms with E-state index in [4.69, 9.17) is 4.74 Å². The largest absolute Gasteiger partial charge is 0.481 e. The highest BCUT2D eigenvalue weighted by molar-refractivity contribution is 5.79. The summed E-state index contributed by atoms with van der Waals surface area (Å²) >= 11 is 0. The molecule has 2 unspecified atom stereocenters. The molecular formula is C15H19FN2O2. The monoisotopic (exact) mass is 278 g/mol. The zero-order valence-corrected chi connectivity index (χ0v) is 11.3. The van der Waals surface area contributed by atoms with Gasteiger partial charge < -0.3 is 15.0 Å². The zero-order chi connectivity index (χ0) is 13.9. The highest BCUT2D eigenvalue weighted by Crippen LogP contribution is 2.28. The molecule has 0 spiro atoms. The molecule has 0 aliphatic carbocycles. The van der Waals surface area contributed by atoms with E-state index in [9.17, 15) is 9.18 Å². The first-order valence-corrected chi connectivity index (χ1v) is 7.15. The average Bonchev–Trinajstić information content (AvgIpc) is 2.71. The van der Waals surface area contributed by atoms with Crippen molar-refractivity contribution in [2.75, 3.05) is 19.7 Å². The van der Waals surface area contributed by atoms with Gasteiger partial charge in [-0.25, -0.2) is 4.39 Å². The van der Waals surface area contributed by atoms with E-state index in [1.807, 2.05) is 4.90 Å². The maximum atomic E-state index is 13.5. The number of hydrogen-bond acceptors (Lipinski definition) is 3. The molecule has 1 aromatic carbocycles. The fourth-order valence-electron chi connectivity index (χ4n) is 3.17. The summed E-state index contributed by atoms with van der Waals surface area (Å²) in [5.41, 5.74) is 0. The maximum Gasteiger partial charge on any atom is 0.261 e. The van der Waals surface area contributed by atoms with Crippen molar-refractivity contribution in [3.05, 3.63) is 30.1 Å². The van der Waals surface area contributed by atoms with Gasteiger partial charge in [-0.05, 0) is 37.9 Å². The van der Waals surface area contributed by atoms with E-state index in [1.165, 1.54) is 6.07 Å². The second-order valence-corrected chi connectivity index (χ2v) is 5.40. The minimum Gasteiger partial charge on any atom is -0.481 e. The van der Waals surface area contributed by atoms with E-state index in [-0.39, 0.29) is 24.3 Å². The standard InChI is InChI=1S/C15H19FN2O2/c16-13-3-1-2-4-14(13)20-10-15(19)18-11-5-6-12(18)9-17-8-7-11/h1-4,11-12,17H,5-10H2. The lowest BCUT2D eigenvalue weighted by Gasteiger charge is -2.27. The molecule has 20 heavy (non-hydrogen) atoms. The Morgan fingerprint density at radius 1 is 1.30 bits per heavy atom. The van der Waals surface area contributed by atoms with Crippen LogP contribution in [-0.4, -0.2) is 42.6 Å². The van der Waals surface area contributed by atoms with E-state index < -0.39 is 5.82 Å². The van der Waals surface area contributed by atoms with Gasteiger partial charge >= 0.3 is 0 Å². The molecule has 2 saturated heterocycles. The molecule has 2 aliphatic rings. The van der Waals surface area contributed by atoms with E-state index in [1.54, 1.807) is 18.2 Å². The van der Waals surface area contributed by atoms with Crippen LogP contribution in [0.15, 0.2) is 24.3 Å². The predicted molar refractivity (Wildman–Crippen MR) is 73.0 cm³/mol. The summed E-state index contributed by atoms with van der Waals surface area (Å²) in [6, 6.07) is 6.75. The number of benzene rings is 1. The first-order chi connectivity index (χ1) is 9.75. The lowest BCUT2D eigenvalue weighted by atomic mass is 10.1. The van der Waals surface area contributed by atoms with E-state index >= 15 is 0 Å². The molecule has 0 aromatic heterocycles. The van der Waals surface area contributed by atoms with Gasteiger partial charge in [-0.2, -0.15) is 0 Å². The maximum absolute atomic E-state index is 13.5. The molecule has 4 nitrogen and oxygen atoms in total. The van der Waals surface area contributed by atoms with Gasteiger partial charge in [-0.15, -0.1) is 0 Å². The highest BCUT2D eigenvalue weighted by Gasteiger charge is 2.37. The van der Waals surface area contributed by atoms with Gasteiger partial charge in [0.15, 0.2) is 18.2 Å². The van der Waals surface area contributed by atoms with E-state index in [0.29, 0.717) is 6.04 Å². The molecule has 1 amide bonds. The number of nitrogens with one attached hydrogen (secondary N) is 1. The third-order valence-corrected chi connectivity index (χ3v) is 4.13. The van der Waals surface area contributed by atoms with Gasteiger partial charge in [-0.3, -0.25) is 4.79 Å². The van der Waals surface area contributed by atoms with Gasteiger partial charge in [0.25, 0.3) is 5.91 Å². The number of nitrogens with zero attached hydrogens (tertiary/aromatic N) is 1. The highest BCUT2D eigenvalue weighted by atomic mass is 19.1. The summed E-state index contributed by atoms with van der Waals surface area (Å²) in [7, 11) is 0. The number of carbonyl (C=O) groups excluding carboxylic acids is 1. The third kappa shape index (κ3) is 2.63. The normalized spacial score (nSPS) is 25.4. The number of para-hydroxylation sites is 1. The fraction of sp³-hybridized carbons (Fsp3) is 0.533. The number of ether oxygens (including phenoxy) is 1. The van der Waals surface area contributed by atoms with Crippen molar-refractivity contribution in [1.29, 1.82) is 0 Å². The van der Waals surface area contributed by atoms with Crippen molar-refractivity contribution in [1.82, 2.24) is 10.2 Å². The molecule has 2 aliphatic heterocycles. The van der Waals surface area contributed by atoms with Gasteiger partial charge in [0.1, 0.15) is 0 Å². The molecule has 0 saturated carbocycles. The van der Waals surface area contributed by atoms with Crippen LogP contribution in [0, 0.1) is 5.82 Å². The van der Waals surface area contributed by atoms with E-state index in [2.05, 4.69) is 5.32 Å². The second-order valence-electron chi connectivity index (χ2n) is 5.40. The van der Waals surface area contributed by atoms with Crippen LogP contribution >= 0.6 is 0 Å². The molecule has 2 atom stereocenters. The molecule has 2 bridgehead atoms. The van der Waals surface area contributed by atoms with Crippen LogP contribution in [-0.2, 0) is 4.79 Å². The summed E-state index contributed by atoms with van der Waals surface area (Å²) in [5.74, 6) is -0.327. The summed E-state index contributed by atoms with van der Waals surface area (Å²) in [6.45, 7) is 1.72. The van der Waals surface area contributed by atoms with Crippen LogP contribution in [0.5, 0.6) is 5.75 Å². The molecule has 5 heteroatoms. The van der Waals surface area contributed by atoms with Crippen molar-refractivity contribution in [3.8, 4) is 5.75 Å². The number of hydrogen-bond donors (Lipinski definition) is 1. The van der Waals surface area contributed by atoms with Crippen LogP contribution in [0.4, 0.5) is 4.39 Å². The van der Waals surface area contributed by atoms with Gasteiger partial charge in [0.2, 0.25) is 0 Å². The Labute approximate surface area is 117 Å². The van der Waals surface area contributed by atoms with Crippen molar-refractivity contribution in [3.63, 3.8) is 0 Å². The molecule has 1 aromatic rings. The second kappa shape index (κ2) is 5.79. The first-order valence-electron chi connectivity index (χ1n) is 7.15. The smallest absolute Gasteiger partial charge is 0.261 e. The number of halogens is 1. The number of amides is 1. The molecule has 2 heterocycles. The summed E-state index contributed by atoms with van der Waals surface area (Å²) in [5, 5.41) is 3.35. The van der Waals surface area contributed by atoms with Crippen molar-refractivity contribution in [2.24, 2.45) is 0 Å². The van der Waals surface area contributed by atoms with Crippen LogP contribution < -0.4 is 10.1 Å². The molecule has 0 radical (unpaired) electrons. The van der Waals surface area contributed by atoms with Crippen LogP contribution in [0.2, 0.25) is 0 Å². The third-order valence-electron chi connectivity index (χ3n) is 4.13. The topological polar surface area (TPSA) is 41.6 Å². The Balaban J connectivity index is 1.63. The van der Waals surface area contributed by atoms with Crippen molar-refractivity contribution in [2.45, 2.75) is 31.3 Å². The quantitative estimate of drug-likeness (QED) is 0.912. The van der Waals surface area contributed by atoms with E-state index in [0.717, 1.165) is 32.4 Å². The Kier molecular flexibility index (Phi) is 3.87. The first kappa shape index (κ1) is 13.4. The zero-order valence-electron chi connectivity index (χ0n) is 11.3. The van der Waals surface area contributed by atoms with Gasteiger partial charge in [-0.1, -0.05) is 12.1 Å². The SMILES string of the molecule is O=C(COc1ccccc1F)N1C2CCNCC1CC2. The van der Waals surface area contributed by atoms with Gasteiger partial charge in [0, 0.05) is 18.6 Å². The van der Waals surface area contributed by atoms with Crippen molar-refractivity contribution < 1.29 is 13.9 Å². The fourth-order valence-corrected chi connectivity index (χ4v) is 3.17. The summed E-state index contributed by atoms with van der Waals surface area (Å²) in [4.78, 5) is 14.3.